The topological polar surface area (TPSA) is 534 Å². The summed E-state index contributed by atoms with van der Waals surface area (Å²) in [5, 5.41) is -0.113. The van der Waals surface area contributed by atoms with Gasteiger partial charge in [-0.1, -0.05) is 24.3 Å². The highest BCUT2D eigenvalue weighted by molar-refractivity contribution is 7.94. The van der Waals surface area contributed by atoms with Crippen LogP contribution in [0, 0.1) is 0 Å². The summed E-state index contributed by atoms with van der Waals surface area (Å²) in [6, 6.07) is 11.5. The molecule has 10 N–H and O–H groups in total. The number of nitrogens with zero attached hydrogens (tertiary/aromatic N) is 2. The number of nitrogens with one attached hydrogen (secondary N) is 4. The minimum Gasteiger partial charge on any atom is -0.305 e. The third-order valence-electron chi connectivity index (χ3n) is 12.8. The number of anilines is 8. The number of hydrogen-bond donors (Lipinski definition) is 10. The van der Waals surface area contributed by atoms with Crippen LogP contribution in [-0.4, -0.2) is 118 Å². The van der Waals surface area contributed by atoms with Gasteiger partial charge in [-0.25, -0.2) is 47.1 Å². The molecule has 33 nitrogen and oxygen atoms in total. The summed E-state index contributed by atoms with van der Waals surface area (Å²) >= 11 is 0. The molecule has 2 amide bonds. The molecule has 0 aliphatic carbocycles. The molecule has 8 aromatic rings. The number of sulfonamides is 4. The van der Waals surface area contributed by atoms with E-state index in [9.17, 15) is 99.5 Å². The summed E-state index contributed by atoms with van der Waals surface area (Å²) in [7, 11) is -55.8. The second kappa shape index (κ2) is 20.5. The Kier molecular flexibility index (Phi) is 14.7. The predicted molar refractivity (Wildman–Crippen MR) is 305 cm³/mol. The van der Waals surface area contributed by atoms with Crippen LogP contribution in [0.4, 0.5) is 50.3 Å². The van der Waals surface area contributed by atoms with Crippen molar-refractivity contribution in [1.82, 2.24) is 0 Å². The van der Waals surface area contributed by atoms with Gasteiger partial charge < -0.3 is 10.6 Å². The second-order valence-electron chi connectivity index (χ2n) is 18.5. The molecule has 10 rings (SSSR count). The number of carbonyl (C=O) groups is 1. The zero-order valence-corrected chi connectivity index (χ0v) is 50.6. The zero-order chi connectivity index (χ0) is 64.8. The van der Waals surface area contributed by atoms with Crippen molar-refractivity contribution >= 4 is 174 Å². The first-order valence-electron chi connectivity index (χ1n) is 23.1. The average molecular weight is 1410 g/mol. The molecular formula is C45H32N6O27S10. The summed E-state index contributed by atoms with van der Waals surface area (Å²) in [6.45, 7) is 0. The minimum absolute atomic E-state index is 0.0204. The van der Waals surface area contributed by atoms with Crippen LogP contribution in [0.25, 0.3) is 21.5 Å². The second-order valence-corrected chi connectivity index (χ2v) is 33.8. The van der Waals surface area contributed by atoms with Crippen molar-refractivity contribution in [2.75, 3.05) is 28.7 Å². The molecule has 0 saturated heterocycles. The zero-order valence-electron chi connectivity index (χ0n) is 42.4. The summed E-state index contributed by atoms with van der Waals surface area (Å²) in [5.74, 6) is 0. The molecule has 0 aromatic heterocycles. The molecule has 464 valence electrons. The van der Waals surface area contributed by atoms with Crippen molar-refractivity contribution in [3.05, 3.63) is 133 Å². The summed E-state index contributed by atoms with van der Waals surface area (Å²) in [5.41, 5.74) is -8.44. The number of benzene rings is 8. The van der Waals surface area contributed by atoms with Crippen molar-refractivity contribution in [2.45, 2.75) is 49.0 Å². The molecule has 0 radical (unpaired) electrons. The van der Waals surface area contributed by atoms with Crippen molar-refractivity contribution in [3.8, 4) is 0 Å². The van der Waals surface area contributed by atoms with Gasteiger partial charge in [0.25, 0.3) is 101 Å². The van der Waals surface area contributed by atoms with E-state index in [1.165, 1.54) is 0 Å². The van der Waals surface area contributed by atoms with Crippen LogP contribution in [-0.2, 0) is 101 Å². The summed E-state index contributed by atoms with van der Waals surface area (Å²) in [6.07, 6.45) is 0. The number of carbonyl (C=O) groups excluding carboxylic acids is 1. The molecule has 0 spiro atoms. The molecule has 88 heavy (non-hydrogen) atoms. The van der Waals surface area contributed by atoms with E-state index in [1.807, 2.05) is 20.1 Å². The first kappa shape index (κ1) is 63.0. The van der Waals surface area contributed by atoms with Crippen molar-refractivity contribution in [1.29, 1.82) is 0 Å². The van der Waals surface area contributed by atoms with E-state index in [0.29, 0.717) is 48.5 Å². The van der Waals surface area contributed by atoms with Crippen LogP contribution in [0.3, 0.4) is 0 Å². The number of hydrogen-bond acceptors (Lipinski definition) is 21. The normalized spacial score (nSPS) is 16.4. The number of rotatable bonds is 10. The molecule has 2 aliphatic rings. The molecule has 0 fully saturated rings. The van der Waals surface area contributed by atoms with Crippen molar-refractivity contribution in [3.63, 3.8) is 0 Å². The van der Waals surface area contributed by atoms with Gasteiger partial charge in [-0.05, 0) is 120 Å². The van der Waals surface area contributed by atoms with E-state index >= 15 is 16.8 Å². The van der Waals surface area contributed by atoms with Gasteiger partial charge in [-0.3, -0.25) is 36.8 Å². The van der Waals surface area contributed by atoms with E-state index in [1.54, 1.807) is 0 Å². The lowest BCUT2D eigenvalue weighted by atomic mass is 10.1. The van der Waals surface area contributed by atoms with Gasteiger partial charge in [0.15, 0.2) is 0 Å². The van der Waals surface area contributed by atoms with E-state index in [4.69, 9.17) is 0 Å². The Bertz CT molecular complexity index is 5370. The molecule has 2 aliphatic heterocycles. The highest BCUT2D eigenvalue weighted by Gasteiger charge is 2.40. The molecule has 8 bridgehead atoms. The maximum atomic E-state index is 15.7. The largest absolute Gasteiger partial charge is 0.323 e. The fourth-order valence-corrected chi connectivity index (χ4v) is 18.6. The maximum Gasteiger partial charge on any atom is 0.323 e. The quantitative estimate of drug-likeness (QED) is 0.0848. The highest BCUT2D eigenvalue weighted by Crippen LogP contribution is 2.49. The van der Waals surface area contributed by atoms with Crippen LogP contribution in [0.1, 0.15) is 0 Å². The lowest BCUT2D eigenvalue weighted by Crippen LogP contribution is -2.32. The first-order valence-corrected chi connectivity index (χ1v) is 37.6. The SMILES string of the molecule is O=C(Nc1c2cccc1S(=O)(=O)N(c1cc(S(=O)(=O)O)cc3cc(S(=O)(=O)O)cc(S(=O)(=O)O)c13)c1cccc(c1)S(=O)(=O)N2)Nc1c2cccc1S(=O)(=O)N(c1cc(S(=O)(=O)O)cc3cc(S(=O)(=O)O)cc(S(=O)(=O)O)c13)c1cccc(c1)S(=O)(=O)N2. The van der Waals surface area contributed by atoms with Gasteiger partial charge in [0, 0.05) is 10.8 Å². The van der Waals surface area contributed by atoms with Crippen LogP contribution in [0.2, 0.25) is 0 Å². The van der Waals surface area contributed by atoms with Gasteiger partial charge in [-0.2, -0.15) is 50.5 Å². The summed E-state index contributed by atoms with van der Waals surface area (Å²) < 4.78 is 339. The molecule has 0 saturated carbocycles. The van der Waals surface area contributed by atoms with Gasteiger partial charge >= 0.3 is 6.03 Å². The van der Waals surface area contributed by atoms with E-state index < -0.39 is 223 Å². The van der Waals surface area contributed by atoms with E-state index in [0.717, 1.165) is 60.7 Å². The van der Waals surface area contributed by atoms with Crippen molar-refractivity contribution < 1.29 is 116 Å². The molecule has 43 heteroatoms. The standard InChI is InChI=1S/C45H32N6O27S10/c52-45(46-43-33-9-3-11-37(43)81(57,58)50(25-5-1-7-27(17-25)79(53,54)48-33)35-19-29(83(61,62)63)13-23-15-31(85(67,68)69)21-39(41(23)35)87(73,74)75)47-44-34-10-4-12-38(44)82(59,60)51(26-6-2-8-28(18-26)80(55,56)49-34)36-20-30(84(64,65)66)14-24-16-32(86(70,71)72)22-40(42(24)36)88(76,77)78/h1-22,48-49H,(H2,46,47,52)(H,61,62,63)(H,64,65,66)(H,67,68,69)(H,70,71,72)(H,73,74,75)(H,76,77,78). The first-order chi connectivity index (χ1) is 40.3. The Hall–Kier alpha value is -7.99. The molecule has 2 heterocycles. The van der Waals surface area contributed by atoms with E-state index in [2.05, 4.69) is 0 Å². The smallest absolute Gasteiger partial charge is 0.305 e. The Morgan fingerprint density at radius 2 is 0.693 bits per heavy atom. The Balaban J connectivity index is 1.22. The van der Waals surface area contributed by atoms with Gasteiger partial charge in [0.2, 0.25) is 0 Å². The number of fused-ring (bicyclic) bond motifs is 10. The Labute approximate surface area is 497 Å². The lowest BCUT2D eigenvalue weighted by molar-refractivity contribution is 0.262. The lowest BCUT2D eigenvalue weighted by Gasteiger charge is -2.30. The van der Waals surface area contributed by atoms with Crippen LogP contribution < -0.4 is 28.7 Å². The van der Waals surface area contributed by atoms with Crippen LogP contribution >= 0.6 is 0 Å². The Morgan fingerprint density at radius 3 is 1.00 bits per heavy atom. The minimum atomic E-state index is -5.87. The monoisotopic (exact) mass is 1410 g/mol. The highest BCUT2D eigenvalue weighted by atomic mass is 32.3. The molecular weight excluding hydrogens is 1380 g/mol. The van der Waals surface area contributed by atoms with Gasteiger partial charge in [-0.15, -0.1) is 0 Å². The molecule has 0 unspecified atom stereocenters. The molecule has 8 aromatic carbocycles. The molecule has 0 atom stereocenters. The fraction of sp³-hybridized carbons (Fsp3) is 0. The third-order valence-corrected chi connectivity index (χ3v) is 24.2. The maximum absolute atomic E-state index is 15.7. The fourth-order valence-electron chi connectivity index (χ4n) is 9.28. The van der Waals surface area contributed by atoms with Gasteiger partial charge in [0.05, 0.1) is 74.9 Å². The van der Waals surface area contributed by atoms with Gasteiger partial charge in [0.1, 0.15) is 19.6 Å². The van der Waals surface area contributed by atoms with Crippen LogP contribution in [0.15, 0.2) is 182 Å². The van der Waals surface area contributed by atoms with Crippen LogP contribution in [0.5, 0.6) is 0 Å². The summed E-state index contributed by atoms with van der Waals surface area (Å²) in [4.78, 5) is 2.00. The number of urea groups is 1. The van der Waals surface area contributed by atoms with E-state index in [-0.39, 0.29) is 32.9 Å². The number of para-hydroxylation sites is 2. The Morgan fingerprint density at radius 1 is 0.386 bits per heavy atom. The number of amides is 2. The predicted octanol–water partition coefficient (Wildman–Crippen LogP) is 4.40. The third kappa shape index (κ3) is 11.3. The van der Waals surface area contributed by atoms with Crippen molar-refractivity contribution in [2.24, 2.45) is 0 Å². The average Bonchev–Trinajstić information content (AvgIpc) is 0.839.